The highest BCUT2D eigenvalue weighted by Crippen LogP contribution is 2.35. The number of carbonyl (C=O) groups is 2. The lowest BCUT2D eigenvalue weighted by molar-refractivity contribution is 0.0389. The molecule has 11 heteroatoms. The fraction of sp³-hybridized carbons (Fsp3) is 0.273. The number of anilines is 2. The molecule has 0 aromatic heterocycles. The van der Waals surface area contributed by atoms with Crippen LogP contribution in [-0.2, 0) is 10.0 Å². The zero-order chi connectivity index (χ0) is 31.4. The minimum absolute atomic E-state index is 0.0239. The lowest BCUT2D eigenvalue weighted by Crippen LogP contribution is -2.50. The van der Waals surface area contributed by atoms with E-state index in [4.69, 9.17) is 4.74 Å². The van der Waals surface area contributed by atoms with Crippen LogP contribution in [0.4, 0.5) is 16.2 Å². The van der Waals surface area contributed by atoms with E-state index in [1.165, 1.54) is 23.5 Å². The quantitative estimate of drug-likeness (QED) is 0.255. The Morgan fingerprint density at radius 2 is 1.61 bits per heavy atom. The molecule has 1 heterocycles. The van der Waals surface area contributed by atoms with E-state index in [2.05, 4.69) is 10.6 Å². The average molecular weight is 617 g/mol. The number of para-hydroxylation sites is 1. The summed E-state index contributed by atoms with van der Waals surface area (Å²) in [6, 6.07) is 25.2. The van der Waals surface area contributed by atoms with Gasteiger partial charge in [0, 0.05) is 24.9 Å². The average Bonchev–Trinajstić information content (AvgIpc) is 3.03. The molecule has 1 aliphatic heterocycles. The molecule has 0 fully saturated rings. The van der Waals surface area contributed by atoms with Gasteiger partial charge in [-0.05, 0) is 42.6 Å². The zero-order valence-electron chi connectivity index (χ0n) is 24.8. The zero-order valence-corrected chi connectivity index (χ0v) is 25.6. The maximum Gasteiger partial charge on any atom is 0.323 e. The maximum atomic E-state index is 13.8. The Labute approximate surface area is 257 Å². The number of aliphatic hydroxyl groups excluding tert-OH is 1. The van der Waals surface area contributed by atoms with Gasteiger partial charge in [0.1, 0.15) is 6.10 Å². The molecule has 0 bridgehead atoms. The lowest BCUT2D eigenvalue weighted by Gasteiger charge is -2.38. The van der Waals surface area contributed by atoms with E-state index in [-0.39, 0.29) is 53.4 Å². The first-order valence-corrected chi connectivity index (χ1v) is 15.8. The van der Waals surface area contributed by atoms with Gasteiger partial charge in [0.2, 0.25) is 10.0 Å². The number of carbonyl (C=O) groups excluding carboxylic acids is 2. The molecule has 0 saturated heterocycles. The number of ether oxygens (including phenoxy) is 1. The third kappa shape index (κ3) is 6.40. The standard InChI is InChI=1S/C33H36N4O6S/c1-22-19-37(23(2)21-38)32(39)27-16-10-18-29(35-33(40)34-28-17-9-12-24-11-7-8-15-26(24)28)31(27)43-30(22)20-36(3)44(41,42)25-13-5-4-6-14-25/h4-18,22-23,30,38H,19-21H2,1-3H3,(H2,34,35,40)/t22-,23-,30+/m1/s1. The van der Waals surface area contributed by atoms with Crippen LogP contribution in [0.5, 0.6) is 5.75 Å². The van der Waals surface area contributed by atoms with Gasteiger partial charge in [0.25, 0.3) is 5.91 Å². The number of rotatable bonds is 8. The molecule has 4 aromatic rings. The summed E-state index contributed by atoms with van der Waals surface area (Å²) in [5.74, 6) is -0.579. The van der Waals surface area contributed by atoms with E-state index in [1.807, 2.05) is 43.3 Å². The number of nitrogens with one attached hydrogen (secondary N) is 2. The number of likely N-dealkylation sites (N-methyl/N-ethyl adjacent to an activating group) is 1. The predicted molar refractivity (Wildman–Crippen MR) is 170 cm³/mol. The molecule has 0 radical (unpaired) electrons. The maximum absolute atomic E-state index is 13.8. The number of benzene rings is 4. The fourth-order valence-electron chi connectivity index (χ4n) is 5.29. The summed E-state index contributed by atoms with van der Waals surface area (Å²) in [5.41, 5.74) is 1.05. The Morgan fingerprint density at radius 3 is 2.36 bits per heavy atom. The van der Waals surface area contributed by atoms with Crippen molar-refractivity contribution in [1.82, 2.24) is 9.21 Å². The first kappa shape index (κ1) is 31.0. The molecular formula is C33H36N4O6S. The molecule has 1 aliphatic rings. The highest BCUT2D eigenvalue weighted by Gasteiger charge is 2.36. The molecule has 10 nitrogen and oxygen atoms in total. The first-order valence-electron chi connectivity index (χ1n) is 14.4. The van der Waals surface area contributed by atoms with E-state index in [0.29, 0.717) is 5.69 Å². The van der Waals surface area contributed by atoms with Crippen molar-refractivity contribution in [2.75, 3.05) is 37.4 Å². The summed E-state index contributed by atoms with van der Waals surface area (Å²) >= 11 is 0. The van der Waals surface area contributed by atoms with Gasteiger partial charge in [0.05, 0.1) is 41.0 Å². The minimum Gasteiger partial charge on any atom is -0.486 e. The smallest absolute Gasteiger partial charge is 0.323 e. The summed E-state index contributed by atoms with van der Waals surface area (Å²) in [4.78, 5) is 28.8. The number of hydrogen-bond donors (Lipinski definition) is 3. The first-order chi connectivity index (χ1) is 21.1. The minimum atomic E-state index is -3.83. The molecule has 3 amide bonds. The molecule has 3 N–H and O–H groups in total. The molecule has 5 rings (SSSR count). The second-order valence-corrected chi connectivity index (χ2v) is 13.1. The van der Waals surface area contributed by atoms with Crippen LogP contribution in [-0.4, -0.2) is 73.6 Å². The van der Waals surface area contributed by atoms with Crippen molar-refractivity contribution in [2.45, 2.75) is 30.9 Å². The van der Waals surface area contributed by atoms with Crippen molar-refractivity contribution in [3.63, 3.8) is 0 Å². The predicted octanol–water partition coefficient (Wildman–Crippen LogP) is 5.02. The van der Waals surface area contributed by atoms with Crippen LogP contribution >= 0.6 is 0 Å². The highest BCUT2D eigenvalue weighted by atomic mass is 32.2. The van der Waals surface area contributed by atoms with Crippen LogP contribution in [0.25, 0.3) is 10.8 Å². The highest BCUT2D eigenvalue weighted by molar-refractivity contribution is 7.89. The van der Waals surface area contributed by atoms with Crippen molar-refractivity contribution in [3.05, 3.63) is 96.6 Å². The second-order valence-electron chi connectivity index (χ2n) is 11.0. The number of urea groups is 1. The topological polar surface area (TPSA) is 128 Å². The molecule has 44 heavy (non-hydrogen) atoms. The van der Waals surface area contributed by atoms with Gasteiger partial charge in [-0.2, -0.15) is 4.31 Å². The van der Waals surface area contributed by atoms with Gasteiger partial charge in [-0.15, -0.1) is 0 Å². The molecular weight excluding hydrogens is 580 g/mol. The normalized spacial score (nSPS) is 17.8. The van der Waals surface area contributed by atoms with Gasteiger partial charge in [0.15, 0.2) is 5.75 Å². The Hall–Kier alpha value is -4.45. The summed E-state index contributed by atoms with van der Waals surface area (Å²) < 4.78 is 34.4. The fourth-order valence-corrected chi connectivity index (χ4v) is 6.50. The molecule has 3 atom stereocenters. The number of sulfonamides is 1. The number of hydrogen-bond acceptors (Lipinski definition) is 6. The lowest BCUT2D eigenvalue weighted by atomic mass is 9.99. The van der Waals surface area contributed by atoms with Crippen LogP contribution in [0.1, 0.15) is 24.2 Å². The van der Waals surface area contributed by atoms with E-state index in [9.17, 15) is 23.1 Å². The summed E-state index contributed by atoms with van der Waals surface area (Å²) in [7, 11) is -2.35. The van der Waals surface area contributed by atoms with Crippen LogP contribution < -0.4 is 15.4 Å². The number of aliphatic hydroxyl groups is 1. The molecule has 230 valence electrons. The van der Waals surface area contributed by atoms with Crippen molar-refractivity contribution in [1.29, 1.82) is 0 Å². The van der Waals surface area contributed by atoms with E-state index >= 15 is 0 Å². The Bertz CT molecular complexity index is 1760. The number of amides is 3. The second kappa shape index (κ2) is 13.0. The monoisotopic (exact) mass is 616 g/mol. The van der Waals surface area contributed by atoms with Crippen molar-refractivity contribution in [3.8, 4) is 5.75 Å². The third-order valence-electron chi connectivity index (χ3n) is 7.87. The Balaban J connectivity index is 1.48. The number of fused-ring (bicyclic) bond motifs is 2. The van der Waals surface area contributed by atoms with Gasteiger partial charge in [-0.1, -0.05) is 67.6 Å². The van der Waals surface area contributed by atoms with E-state index in [0.717, 1.165) is 10.8 Å². The summed E-state index contributed by atoms with van der Waals surface area (Å²) in [5, 5.41) is 17.5. The van der Waals surface area contributed by atoms with Gasteiger partial charge in [-0.25, -0.2) is 13.2 Å². The van der Waals surface area contributed by atoms with E-state index < -0.39 is 28.2 Å². The molecule has 4 aromatic carbocycles. The van der Waals surface area contributed by atoms with Crippen molar-refractivity contribution in [2.24, 2.45) is 5.92 Å². The largest absolute Gasteiger partial charge is 0.486 e. The van der Waals surface area contributed by atoms with Gasteiger partial charge in [-0.3, -0.25) is 4.79 Å². The van der Waals surface area contributed by atoms with Crippen LogP contribution in [0, 0.1) is 5.92 Å². The van der Waals surface area contributed by atoms with Gasteiger partial charge < -0.3 is 25.4 Å². The number of nitrogens with zero attached hydrogens (tertiary/aromatic N) is 2. The van der Waals surface area contributed by atoms with Crippen molar-refractivity contribution >= 4 is 44.1 Å². The molecule has 0 unspecified atom stereocenters. The van der Waals surface area contributed by atoms with Crippen LogP contribution in [0.3, 0.4) is 0 Å². The third-order valence-corrected chi connectivity index (χ3v) is 9.70. The SMILES string of the molecule is C[C@@H]1CN([C@H](C)CO)C(=O)c2cccc(NC(=O)Nc3cccc4ccccc34)c2O[C@H]1CN(C)S(=O)(=O)c1ccccc1. The Morgan fingerprint density at radius 1 is 0.977 bits per heavy atom. The van der Waals surface area contributed by atoms with Crippen LogP contribution in [0.15, 0.2) is 95.9 Å². The summed E-state index contributed by atoms with van der Waals surface area (Å²) in [6.07, 6.45) is -0.706. The molecule has 0 aliphatic carbocycles. The molecule has 0 saturated carbocycles. The molecule has 0 spiro atoms. The van der Waals surface area contributed by atoms with E-state index in [1.54, 1.807) is 54.3 Å². The Kier molecular flexibility index (Phi) is 9.19. The van der Waals surface area contributed by atoms with Crippen LogP contribution in [0.2, 0.25) is 0 Å². The van der Waals surface area contributed by atoms with Crippen molar-refractivity contribution < 1.29 is 27.9 Å². The van der Waals surface area contributed by atoms with Gasteiger partial charge >= 0.3 is 6.03 Å². The summed E-state index contributed by atoms with van der Waals surface area (Å²) in [6.45, 7) is 3.56.